The van der Waals surface area contributed by atoms with E-state index in [0.717, 1.165) is 5.69 Å². The molecular weight excluding hydrogens is 204 g/mol. The molecule has 1 aromatic rings. The van der Waals surface area contributed by atoms with E-state index in [9.17, 15) is 8.42 Å². The molecule has 0 saturated carbocycles. The van der Waals surface area contributed by atoms with Gasteiger partial charge in [0.1, 0.15) is 0 Å². The fraction of sp³-hybridized carbons (Fsp3) is 0.429. The van der Waals surface area contributed by atoms with E-state index in [-0.39, 0.29) is 5.82 Å². The van der Waals surface area contributed by atoms with Crippen LogP contribution in [-0.2, 0) is 17.1 Å². The summed E-state index contributed by atoms with van der Waals surface area (Å²) in [5.74, 6) is -0.331. The molecule has 0 unspecified atom stereocenters. The van der Waals surface area contributed by atoms with Crippen molar-refractivity contribution in [1.82, 2.24) is 9.78 Å². The number of rotatable bonds is 3. The highest BCUT2D eigenvalue weighted by molar-refractivity contribution is 7.92. The second-order valence-corrected chi connectivity index (χ2v) is 4.54. The minimum atomic E-state index is -3.58. The Balaban J connectivity index is 2.85. The average molecular weight is 214 g/mol. The van der Waals surface area contributed by atoms with E-state index in [2.05, 4.69) is 9.82 Å². The zero-order valence-corrected chi connectivity index (χ0v) is 8.67. The van der Waals surface area contributed by atoms with Crippen molar-refractivity contribution < 1.29 is 8.42 Å². The van der Waals surface area contributed by atoms with Crippen molar-refractivity contribution >= 4 is 15.8 Å². The van der Waals surface area contributed by atoms with Crippen LogP contribution in [-0.4, -0.2) is 24.0 Å². The summed E-state index contributed by atoms with van der Waals surface area (Å²) in [7, 11) is -1.87. The van der Waals surface area contributed by atoms with Crippen molar-refractivity contribution in [3.8, 4) is 6.07 Å². The Morgan fingerprint density at radius 1 is 1.71 bits per heavy atom. The molecule has 0 radical (unpaired) electrons. The van der Waals surface area contributed by atoms with Gasteiger partial charge in [-0.05, 0) is 6.92 Å². The van der Waals surface area contributed by atoms with Crippen LogP contribution < -0.4 is 4.72 Å². The van der Waals surface area contributed by atoms with Crippen molar-refractivity contribution in [1.29, 1.82) is 5.26 Å². The molecule has 0 fully saturated rings. The van der Waals surface area contributed by atoms with E-state index in [1.54, 1.807) is 30.8 Å². The second-order valence-electron chi connectivity index (χ2n) is 2.81. The number of hydrogen-bond acceptors (Lipinski definition) is 4. The maximum Gasteiger partial charge on any atom is 0.247 e. The molecule has 0 saturated heterocycles. The molecule has 0 aliphatic heterocycles. The zero-order valence-electron chi connectivity index (χ0n) is 7.85. The van der Waals surface area contributed by atoms with Crippen LogP contribution in [0.5, 0.6) is 0 Å². The number of hydrogen-bond donors (Lipinski definition) is 1. The van der Waals surface area contributed by atoms with Crippen molar-refractivity contribution in [2.24, 2.45) is 7.05 Å². The first-order chi connectivity index (χ1) is 6.44. The Labute approximate surface area is 82.2 Å². The first-order valence-corrected chi connectivity index (χ1v) is 5.48. The number of nitrogens with zero attached hydrogens (tertiary/aromatic N) is 3. The van der Waals surface area contributed by atoms with Crippen molar-refractivity contribution in [2.75, 3.05) is 10.5 Å². The van der Waals surface area contributed by atoms with Crippen LogP contribution in [0.2, 0.25) is 0 Å². The Bertz CT molecular complexity index is 449. The molecule has 0 bridgehead atoms. The average Bonchev–Trinajstić information content (AvgIpc) is 2.29. The summed E-state index contributed by atoms with van der Waals surface area (Å²) >= 11 is 0. The third-order valence-electron chi connectivity index (χ3n) is 1.63. The summed E-state index contributed by atoms with van der Waals surface area (Å²) in [5, 5.41) is 12.1. The summed E-state index contributed by atoms with van der Waals surface area (Å²) in [5.41, 5.74) is 0.833. The minimum absolute atomic E-state index is 0.236. The van der Waals surface area contributed by atoms with Crippen molar-refractivity contribution in [3.05, 3.63) is 11.8 Å². The standard InChI is InChI=1S/C7H10N4O2S/c1-6-5-7(9-11(6)2)10-14(12,13)4-3-8/h5H,4H2,1-2H3,(H,9,10). The van der Waals surface area contributed by atoms with Gasteiger partial charge in [0.25, 0.3) is 0 Å². The van der Waals surface area contributed by atoms with Gasteiger partial charge >= 0.3 is 0 Å². The van der Waals surface area contributed by atoms with Gasteiger partial charge in [0.05, 0.1) is 6.07 Å². The van der Waals surface area contributed by atoms with Gasteiger partial charge in [0.2, 0.25) is 10.0 Å². The monoisotopic (exact) mass is 214 g/mol. The summed E-state index contributed by atoms with van der Waals surface area (Å²) in [4.78, 5) is 0. The number of aromatic nitrogens is 2. The van der Waals surface area contributed by atoms with E-state index in [1.807, 2.05) is 0 Å². The van der Waals surface area contributed by atoms with Gasteiger partial charge in [-0.15, -0.1) is 0 Å². The van der Waals surface area contributed by atoms with Crippen LogP contribution in [0.3, 0.4) is 0 Å². The Morgan fingerprint density at radius 2 is 2.36 bits per heavy atom. The van der Waals surface area contributed by atoms with Gasteiger partial charge in [-0.25, -0.2) is 8.42 Å². The van der Waals surface area contributed by atoms with Crippen molar-refractivity contribution in [2.45, 2.75) is 6.92 Å². The Kier molecular flexibility index (Phi) is 2.76. The van der Waals surface area contributed by atoms with Gasteiger partial charge in [-0.1, -0.05) is 0 Å². The minimum Gasteiger partial charge on any atom is -0.271 e. The fourth-order valence-corrected chi connectivity index (χ4v) is 1.55. The van der Waals surface area contributed by atoms with E-state index in [4.69, 9.17) is 5.26 Å². The fourth-order valence-electron chi connectivity index (χ4n) is 0.891. The van der Waals surface area contributed by atoms with Gasteiger partial charge in [-0.3, -0.25) is 9.40 Å². The largest absolute Gasteiger partial charge is 0.271 e. The number of aryl methyl sites for hydroxylation is 2. The highest BCUT2D eigenvalue weighted by Gasteiger charge is 2.11. The van der Waals surface area contributed by atoms with E-state index in [0.29, 0.717) is 0 Å². The molecule has 6 nitrogen and oxygen atoms in total. The highest BCUT2D eigenvalue weighted by Crippen LogP contribution is 2.08. The topological polar surface area (TPSA) is 87.8 Å². The molecule has 1 N–H and O–H groups in total. The third-order valence-corrected chi connectivity index (χ3v) is 2.66. The molecular formula is C7H10N4O2S. The maximum absolute atomic E-state index is 11.1. The molecule has 1 rings (SSSR count). The molecule has 0 amide bonds. The van der Waals surface area contributed by atoms with Crippen LogP contribution in [0.4, 0.5) is 5.82 Å². The SMILES string of the molecule is Cc1cc(NS(=O)(=O)CC#N)nn1C. The molecule has 14 heavy (non-hydrogen) atoms. The van der Waals surface area contributed by atoms with Gasteiger partial charge < -0.3 is 0 Å². The lowest BCUT2D eigenvalue weighted by Gasteiger charge is -1.99. The van der Waals surface area contributed by atoms with E-state index in [1.165, 1.54) is 0 Å². The predicted molar refractivity (Wildman–Crippen MR) is 51.0 cm³/mol. The summed E-state index contributed by atoms with van der Waals surface area (Å²) in [6.07, 6.45) is 0. The number of anilines is 1. The van der Waals surface area contributed by atoms with Crippen LogP contribution in [0.1, 0.15) is 5.69 Å². The van der Waals surface area contributed by atoms with Crippen LogP contribution in [0.15, 0.2) is 6.07 Å². The van der Waals surface area contributed by atoms with Gasteiger partial charge in [0, 0.05) is 18.8 Å². The predicted octanol–water partition coefficient (Wildman–Crippen LogP) is -0.00620. The Hall–Kier alpha value is -1.55. The normalized spacial score (nSPS) is 10.9. The maximum atomic E-state index is 11.1. The number of sulfonamides is 1. The van der Waals surface area contributed by atoms with Gasteiger partial charge in [0.15, 0.2) is 11.6 Å². The van der Waals surface area contributed by atoms with Gasteiger partial charge in [-0.2, -0.15) is 10.4 Å². The van der Waals surface area contributed by atoms with Crippen LogP contribution in [0.25, 0.3) is 0 Å². The zero-order chi connectivity index (χ0) is 10.8. The van der Waals surface area contributed by atoms with Crippen LogP contribution in [0, 0.1) is 18.3 Å². The molecule has 1 aromatic heterocycles. The number of nitrogens with one attached hydrogen (secondary N) is 1. The second kappa shape index (κ2) is 3.67. The quantitative estimate of drug-likeness (QED) is 0.766. The lowest BCUT2D eigenvalue weighted by molar-refractivity contribution is 0.604. The summed E-state index contributed by atoms with van der Waals surface area (Å²) < 4.78 is 26.0. The van der Waals surface area contributed by atoms with E-state index < -0.39 is 15.8 Å². The first kappa shape index (κ1) is 10.5. The first-order valence-electron chi connectivity index (χ1n) is 3.83. The highest BCUT2D eigenvalue weighted by atomic mass is 32.2. The smallest absolute Gasteiger partial charge is 0.247 e. The molecule has 0 spiro atoms. The molecule has 0 aliphatic carbocycles. The molecule has 1 heterocycles. The lowest BCUT2D eigenvalue weighted by Crippen LogP contribution is -2.15. The molecule has 0 atom stereocenters. The van der Waals surface area contributed by atoms with Crippen molar-refractivity contribution in [3.63, 3.8) is 0 Å². The van der Waals surface area contributed by atoms with Crippen LogP contribution >= 0.6 is 0 Å². The summed E-state index contributed by atoms with van der Waals surface area (Å²) in [6.45, 7) is 1.80. The third kappa shape index (κ3) is 2.47. The Morgan fingerprint density at radius 3 is 2.79 bits per heavy atom. The summed E-state index contributed by atoms with van der Waals surface area (Å²) in [6, 6.07) is 3.16. The molecule has 76 valence electrons. The molecule has 0 aromatic carbocycles. The lowest BCUT2D eigenvalue weighted by atomic mass is 10.5. The number of nitriles is 1. The van der Waals surface area contributed by atoms with E-state index >= 15 is 0 Å². The molecule has 0 aliphatic rings. The molecule has 7 heteroatoms.